The Morgan fingerprint density at radius 3 is 2.50 bits per heavy atom. The number of hydrogen-bond acceptors (Lipinski definition) is 2. The van der Waals surface area contributed by atoms with Gasteiger partial charge in [0, 0.05) is 11.6 Å². The molecular formula is C11H18N2O3. The van der Waals surface area contributed by atoms with Gasteiger partial charge in [0.05, 0.1) is 5.92 Å². The maximum atomic E-state index is 11.6. The molecule has 16 heavy (non-hydrogen) atoms. The van der Waals surface area contributed by atoms with Crippen LogP contribution in [0, 0.1) is 5.92 Å². The van der Waals surface area contributed by atoms with E-state index in [0.717, 1.165) is 19.3 Å². The van der Waals surface area contributed by atoms with E-state index in [-0.39, 0.29) is 23.5 Å². The summed E-state index contributed by atoms with van der Waals surface area (Å²) in [7, 11) is 0. The van der Waals surface area contributed by atoms with Gasteiger partial charge in [0.2, 0.25) is 0 Å². The van der Waals surface area contributed by atoms with E-state index in [1.54, 1.807) is 0 Å². The summed E-state index contributed by atoms with van der Waals surface area (Å²) >= 11 is 0. The lowest BCUT2D eigenvalue weighted by molar-refractivity contribution is -0.141. The van der Waals surface area contributed by atoms with Crippen LogP contribution in [0.1, 0.15) is 39.0 Å². The Hall–Kier alpha value is -1.26. The Labute approximate surface area is 94.6 Å². The fourth-order valence-corrected chi connectivity index (χ4v) is 2.14. The number of aliphatic carboxylic acids is 1. The van der Waals surface area contributed by atoms with Gasteiger partial charge in [0.1, 0.15) is 0 Å². The molecule has 0 aromatic carbocycles. The molecule has 2 fully saturated rings. The predicted octanol–water partition coefficient (Wildman–Crippen LogP) is 1.09. The fraction of sp³-hybridized carbons (Fsp3) is 0.818. The Morgan fingerprint density at radius 2 is 2.00 bits per heavy atom. The summed E-state index contributed by atoms with van der Waals surface area (Å²) in [5.41, 5.74) is -0.0190. The molecule has 2 saturated carbocycles. The summed E-state index contributed by atoms with van der Waals surface area (Å²) in [6.07, 6.45) is 4.05. The van der Waals surface area contributed by atoms with Crippen molar-refractivity contribution in [3.05, 3.63) is 0 Å². The second-order valence-electron chi connectivity index (χ2n) is 5.20. The maximum absolute atomic E-state index is 11.6. The zero-order valence-corrected chi connectivity index (χ0v) is 9.45. The molecule has 0 heterocycles. The molecule has 0 saturated heterocycles. The molecule has 0 aromatic rings. The van der Waals surface area contributed by atoms with Crippen LogP contribution in [0.2, 0.25) is 0 Å². The molecule has 3 N–H and O–H groups in total. The summed E-state index contributed by atoms with van der Waals surface area (Å²) in [6, 6.07) is -0.139. The molecule has 2 amide bonds. The molecule has 2 rings (SSSR count). The van der Waals surface area contributed by atoms with E-state index in [2.05, 4.69) is 10.6 Å². The summed E-state index contributed by atoms with van der Waals surface area (Å²) in [5.74, 6) is -1.04. The number of urea groups is 1. The van der Waals surface area contributed by atoms with Gasteiger partial charge in [-0.2, -0.15) is 0 Å². The minimum atomic E-state index is -0.751. The zero-order chi connectivity index (χ0) is 11.8. The van der Waals surface area contributed by atoms with Crippen LogP contribution in [0.25, 0.3) is 0 Å². The van der Waals surface area contributed by atoms with Crippen LogP contribution in [0.4, 0.5) is 4.79 Å². The van der Waals surface area contributed by atoms with Crippen molar-refractivity contribution in [1.82, 2.24) is 10.6 Å². The van der Waals surface area contributed by atoms with Gasteiger partial charge in [0.25, 0.3) is 0 Å². The second-order valence-corrected chi connectivity index (χ2v) is 5.20. The van der Waals surface area contributed by atoms with Gasteiger partial charge < -0.3 is 15.7 Å². The Morgan fingerprint density at radius 1 is 1.31 bits per heavy atom. The fourth-order valence-electron chi connectivity index (χ4n) is 2.14. The smallest absolute Gasteiger partial charge is 0.315 e. The molecular weight excluding hydrogens is 208 g/mol. The van der Waals surface area contributed by atoms with Crippen LogP contribution < -0.4 is 10.6 Å². The largest absolute Gasteiger partial charge is 0.481 e. The maximum Gasteiger partial charge on any atom is 0.315 e. The van der Waals surface area contributed by atoms with Crippen molar-refractivity contribution in [3.8, 4) is 0 Å². The molecule has 2 aliphatic carbocycles. The van der Waals surface area contributed by atoms with E-state index in [9.17, 15) is 9.59 Å². The number of nitrogens with one attached hydrogen (secondary N) is 2. The van der Waals surface area contributed by atoms with E-state index >= 15 is 0 Å². The third-order valence-corrected chi connectivity index (χ3v) is 3.53. The topological polar surface area (TPSA) is 78.4 Å². The minimum Gasteiger partial charge on any atom is -0.481 e. The number of hydrogen-bond donors (Lipinski definition) is 3. The van der Waals surface area contributed by atoms with Crippen molar-refractivity contribution in [2.24, 2.45) is 5.92 Å². The number of carbonyl (C=O) groups excluding carboxylic acids is 1. The summed E-state index contributed by atoms with van der Waals surface area (Å²) < 4.78 is 0. The van der Waals surface area contributed by atoms with Crippen molar-refractivity contribution in [1.29, 1.82) is 0 Å². The number of carbonyl (C=O) groups is 2. The van der Waals surface area contributed by atoms with Crippen molar-refractivity contribution in [3.63, 3.8) is 0 Å². The van der Waals surface area contributed by atoms with Gasteiger partial charge in [-0.25, -0.2) is 4.79 Å². The molecule has 5 heteroatoms. The van der Waals surface area contributed by atoms with Gasteiger partial charge in [-0.05, 0) is 39.0 Å². The Bertz CT molecular complexity index is 312. The highest BCUT2D eigenvalue weighted by molar-refractivity contribution is 5.76. The molecule has 0 bridgehead atoms. The number of carboxylic acid groups (broad SMARTS) is 1. The molecule has 2 atom stereocenters. The first-order valence-electron chi connectivity index (χ1n) is 5.80. The molecule has 90 valence electrons. The van der Waals surface area contributed by atoms with Crippen LogP contribution in [-0.4, -0.2) is 28.7 Å². The lowest BCUT2D eigenvalue weighted by atomic mass is 10.1. The third kappa shape index (κ3) is 2.65. The highest BCUT2D eigenvalue weighted by atomic mass is 16.4. The standard InChI is InChI=1S/C11H18N2O3/c1-11(4-5-11)13-10(16)12-8-3-2-7(6-8)9(14)15/h7-8H,2-6H2,1H3,(H,14,15)(H2,12,13,16)/t7-,8+/m1/s1. The third-order valence-electron chi connectivity index (χ3n) is 3.53. The van der Waals surface area contributed by atoms with Gasteiger partial charge in [-0.1, -0.05) is 0 Å². The van der Waals surface area contributed by atoms with Crippen molar-refractivity contribution in [2.45, 2.75) is 50.6 Å². The number of amides is 2. The molecule has 0 unspecified atom stereocenters. The number of carboxylic acids is 1. The summed E-state index contributed by atoms with van der Waals surface area (Å²) in [5, 5.41) is 14.6. The Kier molecular flexibility index (Phi) is 2.78. The average Bonchev–Trinajstić information content (AvgIpc) is 2.74. The number of rotatable bonds is 3. The second kappa shape index (κ2) is 3.96. The normalized spacial score (nSPS) is 30.8. The van der Waals surface area contributed by atoms with E-state index < -0.39 is 5.97 Å². The van der Waals surface area contributed by atoms with E-state index in [4.69, 9.17) is 5.11 Å². The van der Waals surface area contributed by atoms with Gasteiger partial charge in [0.15, 0.2) is 0 Å². The van der Waals surface area contributed by atoms with Crippen molar-refractivity contribution >= 4 is 12.0 Å². The minimum absolute atomic E-state index is 0.0171. The highest BCUT2D eigenvalue weighted by Gasteiger charge is 2.39. The van der Waals surface area contributed by atoms with Gasteiger partial charge >= 0.3 is 12.0 Å². The quantitative estimate of drug-likeness (QED) is 0.674. The van der Waals surface area contributed by atoms with Crippen molar-refractivity contribution in [2.75, 3.05) is 0 Å². The molecule has 0 radical (unpaired) electrons. The Balaban J connectivity index is 1.74. The molecule has 0 aliphatic heterocycles. The SMILES string of the molecule is CC1(NC(=O)N[C@H]2CC[C@@H](C(=O)O)C2)CC1. The molecule has 0 spiro atoms. The molecule has 2 aliphatic rings. The highest BCUT2D eigenvalue weighted by Crippen LogP contribution is 2.34. The van der Waals surface area contributed by atoms with E-state index in [0.29, 0.717) is 12.8 Å². The van der Waals surface area contributed by atoms with Gasteiger partial charge in [-0.3, -0.25) is 4.79 Å². The average molecular weight is 226 g/mol. The first-order valence-corrected chi connectivity index (χ1v) is 5.80. The predicted molar refractivity (Wildman–Crippen MR) is 58.1 cm³/mol. The van der Waals surface area contributed by atoms with E-state index in [1.165, 1.54) is 0 Å². The summed E-state index contributed by atoms with van der Waals surface area (Å²) in [4.78, 5) is 22.3. The van der Waals surface area contributed by atoms with Crippen LogP contribution in [0.15, 0.2) is 0 Å². The summed E-state index contributed by atoms with van der Waals surface area (Å²) in [6.45, 7) is 2.02. The van der Waals surface area contributed by atoms with Crippen molar-refractivity contribution < 1.29 is 14.7 Å². The van der Waals surface area contributed by atoms with E-state index in [1.807, 2.05) is 6.92 Å². The monoisotopic (exact) mass is 226 g/mol. The zero-order valence-electron chi connectivity index (χ0n) is 9.45. The lowest BCUT2D eigenvalue weighted by Crippen LogP contribution is -2.45. The first kappa shape index (κ1) is 11.2. The lowest BCUT2D eigenvalue weighted by Gasteiger charge is -2.16. The first-order chi connectivity index (χ1) is 7.48. The van der Waals surface area contributed by atoms with Crippen LogP contribution >= 0.6 is 0 Å². The van der Waals surface area contributed by atoms with Crippen LogP contribution in [-0.2, 0) is 4.79 Å². The molecule has 5 nitrogen and oxygen atoms in total. The molecule has 0 aromatic heterocycles. The van der Waals surface area contributed by atoms with Crippen LogP contribution in [0.5, 0.6) is 0 Å². The van der Waals surface area contributed by atoms with Gasteiger partial charge in [-0.15, -0.1) is 0 Å². The van der Waals surface area contributed by atoms with Crippen LogP contribution in [0.3, 0.4) is 0 Å².